The van der Waals surface area contributed by atoms with Crippen LogP contribution < -0.4 is 11.1 Å². The summed E-state index contributed by atoms with van der Waals surface area (Å²) < 4.78 is 0. The van der Waals surface area contributed by atoms with Crippen molar-refractivity contribution < 1.29 is 4.79 Å². The van der Waals surface area contributed by atoms with Crippen LogP contribution in [0.15, 0.2) is 36.5 Å². The smallest absolute Gasteiger partial charge is 0.255 e. The molecule has 1 amide bonds. The number of amides is 1. The third-order valence-corrected chi connectivity index (χ3v) is 2.97. The van der Waals surface area contributed by atoms with E-state index in [-0.39, 0.29) is 5.91 Å². The Kier molecular flexibility index (Phi) is 4.70. The lowest BCUT2D eigenvalue weighted by molar-refractivity contribution is 0.102. The zero-order valence-corrected chi connectivity index (χ0v) is 12.1. The summed E-state index contributed by atoms with van der Waals surface area (Å²) in [6.45, 7) is 4.12. The highest BCUT2D eigenvalue weighted by Gasteiger charge is 2.08. The lowest BCUT2D eigenvalue weighted by Crippen LogP contribution is -2.13. The summed E-state index contributed by atoms with van der Waals surface area (Å²) in [5.74, 6) is 5.63. The largest absolute Gasteiger partial charge is 0.322 e. The second-order valence-electron chi connectivity index (χ2n) is 4.68. The molecule has 0 aliphatic heterocycles. The Labute approximate surface area is 124 Å². The number of aryl methyl sites for hydroxylation is 2. The molecule has 1 aromatic heterocycles. The van der Waals surface area contributed by atoms with E-state index in [4.69, 9.17) is 5.73 Å². The normalized spacial score (nSPS) is 9.67. The molecule has 0 unspecified atom stereocenters. The van der Waals surface area contributed by atoms with Gasteiger partial charge in [-0.05, 0) is 49.7 Å². The van der Waals surface area contributed by atoms with Gasteiger partial charge < -0.3 is 11.1 Å². The molecule has 0 spiro atoms. The van der Waals surface area contributed by atoms with Crippen molar-refractivity contribution in [2.24, 2.45) is 5.73 Å². The fraction of sp³-hybridized carbons (Fsp3) is 0.176. The number of nitrogens with zero attached hydrogens (tertiary/aromatic N) is 1. The number of aromatic nitrogens is 1. The molecule has 1 aromatic carbocycles. The zero-order chi connectivity index (χ0) is 15.2. The fourth-order valence-electron chi connectivity index (χ4n) is 1.92. The molecule has 0 fully saturated rings. The number of rotatable bonds is 2. The van der Waals surface area contributed by atoms with Crippen LogP contribution in [0, 0.1) is 25.7 Å². The molecular weight excluding hydrogens is 262 g/mol. The summed E-state index contributed by atoms with van der Waals surface area (Å²) in [6, 6.07) is 9.09. The van der Waals surface area contributed by atoms with Crippen molar-refractivity contribution >= 4 is 11.6 Å². The molecule has 2 aromatic rings. The van der Waals surface area contributed by atoms with E-state index in [1.54, 1.807) is 18.3 Å². The van der Waals surface area contributed by atoms with Gasteiger partial charge in [0.25, 0.3) is 5.91 Å². The van der Waals surface area contributed by atoms with Crippen molar-refractivity contribution in [1.82, 2.24) is 4.98 Å². The summed E-state index contributed by atoms with van der Waals surface area (Å²) in [5, 5.41) is 2.90. The second kappa shape index (κ2) is 6.69. The summed E-state index contributed by atoms with van der Waals surface area (Å²) in [4.78, 5) is 16.3. The first-order valence-corrected chi connectivity index (χ1v) is 6.64. The Morgan fingerprint density at radius 2 is 2.10 bits per heavy atom. The van der Waals surface area contributed by atoms with Gasteiger partial charge in [0, 0.05) is 28.7 Å². The summed E-state index contributed by atoms with van der Waals surface area (Å²) in [6.07, 6.45) is 1.63. The first-order valence-electron chi connectivity index (χ1n) is 6.64. The monoisotopic (exact) mass is 279 g/mol. The van der Waals surface area contributed by atoms with E-state index in [9.17, 15) is 4.79 Å². The Hall–Kier alpha value is -2.64. The van der Waals surface area contributed by atoms with E-state index in [1.807, 2.05) is 32.0 Å². The quantitative estimate of drug-likeness (QED) is 0.829. The van der Waals surface area contributed by atoms with E-state index in [0.717, 1.165) is 22.5 Å². The Balaban J connectivity index is 2.18. The molecule has 1 heterocycles. The van der Waals surface area contributed by atoms with Crippen molar-refractivity contribution in [1.29, 1.82) is 0 Å². The number of nitrogens with one attached hydrogen (secondary N) is 1. The Bertz CT molecular complexity index is 726. The van der Waals surface area contributed by atoms with E-state index >= 15 is 0 Å². The lowest BCUT2D eigenvalue weighted by atomic mass is 10.1. The van der Waals surface area contributed by atoms with Crippen molar-refractivity contribution in [3.05, 3.63) is 58.9 Å². The van der Waals surface area contributed by atoms with Crippen molar-refractivity contribution in [3.63, 3.8) is 0 Å². The van der Waals surface area contributed by atoms with Crippen LogP contribution >= 0.6 is 0 Å². The molecule has 2 rings (SSSR count). The van der Waals surface area contributed by atoms with Gasteiger partial charge in [0.2, 0.25) is 0 Å². The predicted octanol–water partition coefficient (Wildman–Crippen LogP) is 2.26. The Morgan fingerprint density at radius 3 is 2.76 bits per heavy atom. The molecule has 0 atom stereocenters. The van der Waals surface area contributed by atoms with Gasteiger partial charge in [0.05, 0.1) is 6.54 Å². The molecule has 0 saturated heterocycles. The number of hydrogen-bond acceptors (Lipinski definition) is 3. The number of carbonyl (C=O) groups is 1. The first kappa shape index (κ1) is 14.8. The molecule has 21 heavy (non-hydrogen) atoms. The molecule has 4 heteroatoms. The van der Waals surface area contributed by atoms with Gasteiger partial charge in [-0.3, -0.25) is 9.78 Å². The molecule has 0 aliphatic rings. The van der Waals surface area contributed by atoms with Crippen LogP contribution in [0.25, 0.3) is 0 Å². The number of anilines is 1. The van der Waals surface area contributed by atoms with Crippen LogP contribution in [-0.4, -0.2) is 17.4 Å². The van der Waals surface area contributed by atoms with E-state index < -0.39 is 0 Å². The van der Waals surface area contributed by atoms with E-state index in [1.165, 1.54) is 0 Å². The second-order valence-corrected chi connectivity index (χ2v) is 4.68. The predicted molar refractivity (Wildman–Crippen MR) is 84.0 cm³/mol. The van der Waals surface area contributed by atoms with Gasteiger partial charge in [-0.15, -0.1) is 0 Å². The molecule has 0 bridgehead atoms. The highest BCUT2D eigenvalue weighted by Crippen LogP contribution is 2.17. The minimum atomic E-state index is -0.149. The maximum atomic E-state index is 12.2. The highest BCUT2D eigenvalue weighted by atomic mass is 16.1. The molecule has 0 radical (unpaired) electrons. The van der Waals surface area contributed by atoms with Gasteiger partial charge in [0.1, 0.15) is 0 Å². The van der Waals surface area contributed by atoms with Gasteiger partial charge in [-0.2, -0.15) is 0 Å². The third kappa shape index (κ3) is 3.91. The highest BCUT2D eigenvalue weighted by molar-refractivity contribution is 6.04. The van der Waals surface area contributed by atoms with Crippen LogP contribution in [0.4, 0.5) is 5.69 Å². The van der Waals surface area contributed by atoms with Crippen molar-refractivity contribution in [2.45, 2.75) is 13.8 Å². The molecular formula is C17H17N3O. The van der Waals surface area contributed by atoms with Crippen LogP contribution in [0.1, 0.15) is 27.2 Å². The minimum absolute atomic E-state index is 0.149. The zero-order valence-electron chi connectivity index (χ0n) is 12.1. The number of nitrogens with two attached hydrogens (primary N) is 1. The number of benzene rings is 1. The SMILES string of the molecule is Cc1cc(C(=O)Nc2ccc(C#CCN)cc2C)ccn1. The maximum absolute atomic E-state index is 12.2. The van der Waals surface area contributed by atoms with Crippen LogP contribution in [0.5, 0.6) is 0 Å². The van der Waals surface area contributed by atoms with E-state index in [2.05, 4.69) is 22.1 Å². The fourth-order valence-corrected chi connectivity index (χ4v) is 1.92. The third-order valence-electron chi connectivity index (χ3n) is 2.97. The molecule has 4 nitrogen and oxygen atoms in total. The van der Waals surface area contributed by atoms with Gasteiger partial charge in [-0.25, -0.2) is 0 Å². The number of hydrogen-bond donors (Lipinski definition) is 2. The van der Waals surface area contributed by atoms with E-state index in [0.29, 0.717) is 12.1 Å². The number of carbonyl (C=O) groups excluding carboxylic acids is 1. The first-order chi connectivity index (χ1) is 10.1. The van der Waals surface area contributed by atoms with Gasteiger partial charge in [-0.1, -0.05) is 11.8 Å². The number of pyridine rings is 1. The van der Waals surface area contributed by atoms with Gasteiger partial charge in [0.15, 0.2) is 0 Å². The average molecular weight is 279 g/mol. The van der Waals surface area contributed by atoms with Crippen LogP contribution in [0.3, 0.4) is 0 Å². The summed E-state index contributed by atoms with van der Waals surface area (Å²) in [7, 11) is 0. The topological polar surface area (TPSA) is 68.0 Å². The van der Waals surface area contributed by atoms with Gasteiger partial charge >= 0.3 is 0 Å². The lowest BCUT2D eigenvalue weighted by Gasteiger charge is -2.09. The minimum Gasteiger partial charge on any atom is -0.322 e. The molecule has 0 saturated carbocycles. The summed E-state index contributed by atoms with van der Waals surface area (Å²) in [5.41, 5.74) is 9.37. The molecule has 106 valence electrons. The summed E-state index contributed by atoms with van der Waals surface area (Å²) >= 11 is 0. The standard InChI is InChI=1S/C17H17N3O/c1-12-10-14(4-3-8-18)5-6-16(12)20-17(21)15-7-9-19-13(2)11-15/h5-7,9-11H,8,18H2,1-2H3,(H,20,21). The average Bonchev–Trinajstić information content (AvgIpc) is 2.47. The Morgan fingerprint density at radius 1 is 1.29 bits per heavy atom. The van der Waals surface area contributed by atoms with Crippen LogP contribution in [-0.2, 0) is 0 Å². The molecule has 3 N–H and O–H groups in total. The maximum Gasteiger partial charge on any atom is 0.255 e. The van der Waals surface area contributed by atoms with Crippen molar-refractivity contribution in [3.8, 4) is 11.8 Å². The van der Waals surface area contributed by atoms with Crippen molar-refractivity contribution in [2.75, 3.05) is 11.9 Å². The molecule has 0 aliphatic carbocycles. The van der Waals surface area contributed by atoms with Crippen LogP contribution in [0.2, 0.25) is 0 Å².